The molecule has 3 rings (SSSR count). The van der Waals surface area contributed by atoms with Crippen LogP contribution in [0.2, 0.25) is 0 Å². The first-order valence-corrected chi connectivity index (χ1v) is 7.67. The van der Waals surface area contributed by atoms with E-state index in [2.05, 4.69) is 32.9 Å². The van der Waals surface area contributed by atoms with Crippen LogP contribution >= 0.6 is 15.9 Å². The van der Waals surface area contributed by atoms with Crippen molar-refractivity contribution in [1.29, 1.82) is 0 Å². The molecule has 2 aliphatic rings. The Labute approximate surface area is 127 Å². The highest BCUT2D eigenvalue weighted by molar-refractivity contribution is 9.10. The number of halogens is 1. The smallest absolute Gasteiger partial charge is 0.255 e. The number of rotatable bonds is 1. The SMILES string of the molecule is CN1CCO[C@@H]2CCN(C(=O)c3ccncc3Br)C[C@@H]21. The number of aromatic nitrogens is 1. The van der Waals surface area contributed by atoms with E-state index >= 15 is 0 Å². The Hall–Kier alpha value is -0.980. The van der Waals surface area contributed by atoms with E-state index < -0.39 is 0 Å². The van der Waals surface area contributed by atoms with Gasteiger partial charge in [0, 0.05) is 36.5 Å². The Morgan fingerprint density at radius 1 is 1.50 bits per heavy atom. The molecule has 2 atom stereocenters. The van der Waals surface area contributed by atoms with Gasteiger partial charge in [0.15, 0.2) is 0 Å². The lowest BCUT2D eigenvalue weighted by atomic mass is 9.98. The van der Waals surface area contributed by atoms with Crippen LogP contribution in [0.15, 0.2) is 22.9 Å². The summed E-state index contributed by atoms with van der Waals surface area (Å²) in [7, 11) is 2.11. The normalized spacial score (nSPS) is 27.2. The zero-order valence-electron chi connectivity index (χ0n) is 11.5. The Bertz CT molecular complexity index is 511. The lowest BCUT2D eigenvalue weighted by Crippen LogP contribution is -2.59. The lowest BCUT2D eigenvalue weighted by molar-refractivity contribution is -0.0893. The maximum Gasteiger partial charge on any atom is 0.255 e. The molecule has 0 unspecified atom stereocenters. The van der Waals surface area contributed by atoms with Crippen molar-refractivity contribution in [2.45, 2.75) is 18.6 Å². The van der Waals surface area contributed by atoms with Crippen molar-refractivity contribution in [3.05, 3.63) is 28.5 Å². The van der Waals surface area contributed by atoms with E-state index in [1.165, 1.54) is 0 Å². The molecular weight excluding hydrogens is 322 g/mol. The summed E-state index contributed by atoms with van der Waals surface area (Å²) in [4.78, 5) is 20.8. The van der Waals surface area contributed by atoms with Gasteiger partial charge in [-0.25, -0.2) is 0 Å². The number of carbonyl (C=O) groups excluding carboxylic acids is 1. The number of likely N-dealkylation sites (tertiary alicyclic amines) is 1. The van der Waals surface area contributed by atoms with Gasteiger partial charge in [0.05, 0.1) is 24.3 Å². The molecule has 3 heterocycles. The molecule has 20 heavy (non-hydrogen) atoms. The molecule has 2 fully saturated rings. The van der Waals surface area contributed by atoms with Gasteiger partial charge in [-0.1, -0.05) is 0 Å². The zero-order valence-corrected chi connectivity index (χ0v) is 13.0. The molecule has 108 valence electrons. The molecular formula is C14H18BrN3O2. The van der Waals surface area contributed by atoms with Crippen molar-refractivity contribution in [1.82, 2.24) is 14.8 Å². The van der Waals surface area contributed by atoms with Gasteiger partial charge in [0.25, 0.3) is 5.91 Å². The summed E-state index contributed by atoms with van der Waals surface area (Å²) in [6, 6.07) is 2.07. The van der Waals surface area contributed by atoms with E-state index in [0.717, 1.165) is 37.1 Å². The summed E-state index contributed by atoms with van der Waals surface area (Å²) in [6.45, 7) is 3.21. The molecule has 0 aromatic carbocycles. The minimum Gasteiger partial charge on any atom is -0.375 e. The number of piperidine rings is 1. The van der Waals surface area contributed by atoms with E-state index in [0.29, 0.717) is 11.6 Å². The van der Waals surface area contributed by atoms with Crippen molar-refractivity contribution in [2.75, 3.05) is 33.3 Å². The summed E-state index contributed by atoms with van der Waals surface area (Å²) in [6.07, 6.45) is 4.48. The first kappa shape index (κ1) is 14.0. The van der Waals surface area contributed by atoms with Crippen LogP contribution in [0.5, 0.6) is 0 Å². The maximum absolute atomic E-state index is 12.6. The molecule has 0 saturated carbocycles. The summed E-state index contributed by atoms with van der Waals surface area (Å²) < 4.78 is 6.56. The molecule has 0 radical (unpaired) electrons. The van der Waals surface area contributed by atoms with Gasteiger partial charge in [-0.2, -0.15) is 0 Å². The molecule has 1 aromatic rings. The van der Waals surface area contributed by atoms with Gasteiger partial charge in [-0.3, -0.25) is 14.7 Å². The topological polar surface area (TPSA) is 45.7 Å². The van der Waals surface area contributed by atoms with Gasteiger partial charge >= 0.3 is 0 Å². The van der Waals surface area contributed by atoms with E-state index in [-0.39, 0.29) is 12.0 Å². The number of morpholine rings is 1. The molecule has 0 aliphatic carbocycles. The zero-order chi connectivity index (χ0) is 14.1. The predicted molar refractivity (Wildman–Crippen MR) is 78.6 cm³/mol. The van der Waals surface area contributed by atoms with Gasteiger partial charge < -0.3 is 9.64 Å². The minimum absolute atomic E-state index is 0.0664. The quantitative estimate of drug-likeness (QED) is 0.775. The first-order chi connectivity index (χ1) is 9.66. The fraction of sp³-hybridized carbons (Fsp3) is 0.571. The van der Waals surface area contributed by atoms with Crippen molar-refractivity contribution in [2.24, 2.45) is 0 Å². The Morgan fingerprint density at radius 2 is 2.35 bits per heavy atom. The second-order valence-corrected chi connectivity index (χ2v) is 6.21. The molecule has 1 aromatic heterocycles. The number of hydrogen-bond acceptors (Lipinski definition) is 4. The minimum atomic E-state index is 0.0664. The summed E-state index contributed by atoms with van der Waals surface area (Å²) >= 11 is 3.40. The van der Waals surface area contributed by atoms with Crippen molar-refractivity contribution < 1.29 is 9.53 Å². The van der Waals surface area contributed by atoms with E-state index in [1.54, 1.807) is 18.5 Å². The Kier molecular flexibility index (Phi) is 4.05. The van der Waals surface area contributed by atoms with Crippen molar-refractivity contribution in [3.63, 3.8) is 0 Å². The first-order valence-electron chi connectivity index (χ1n) is 6.87. The van der Waals surface area contributed by atoms with Crippen LogP contribution in [-0.4, -0.2) is 66.1 Å². The number of amides is 1. The third-order valence-electron chi connectivity index (χ3n) is 4.15. The van der Waals surface area contributed by atoms with Crippen LogP contribution in [0.25, 0.3) is 0 Å². The average molecular weight is 340 g/mol. The number of carbonyl (C=O) groups is 1. The molecule has 2 aliphatic heterocycles. The number of pyridine rings is 1. The van der Waals surface area contributed by atoms with Crippen LogP contribution < -0.4 is 0 Å². The van der Waals surface area contributed by atoms with Crippen LogP contribution in [0, 0.1) is 0 Å². The molecule has 0 spiro atoms. The third-order valence-corrected chi connectivity index (χ3v) is 4.78. The number of nitrogens with zero attached hydrogens (tertiary/aromatic N) is 3. The van der Waals surface area contributed by atoms with Gasteiger partial charge in [0.2, 0.25) is 0 Å². The van der Waals surface area contributed by atoms with Gasteiger partial charge in [-0.05, 0) is 35.5 Å². The van der Waals surface area contributed by atoms with E-state index in [4.69, 9.17) is 4.74 Å². The molecule has 0 N–H and O–H groups in total. The molecule has 1 amide bonds. The summed E-state index contributed by atoms with van der Waals surface area (Å²) in [5.74, 6) is 0.0664. The van der Waals surface area contributed by atoms with Crippen LogP contribution in [0.1, 0.15) is 16.8 Å². The standard InChI is InChI=1S/C14H18BrN3O2/c1-17-6-7-20-13-3-5-18(9-12(13)17)14(19)10-2-4-16-8-11(10)15/h2,4,8,12-13H,3,5-7,9H2,1H3/t12-,13+/m0/s1. The van der Waals surface area contributed by atoms with Crippen LogP contribution in [0.3, 0.4) is 0 Å². The lowest BCUT2D eigenvalue weighted by Gasteiger charge is -2.45. The second-order valence-electron chi connectivity index (χ2n) is 5.35. The fourth-order valence-corrected chi connectivity index (χ4v) is 3.37. The maximum atomic E-state index is 12.6. The van der Waals surface area contributed by atoms with Gasteiger partial charge in [-0.15, -0.1) is 0 Å². The largest absolute Gasteiger partial charge is 0.375 e. The number of likely N-dealkylation sites (N-methyl/N-ethyl adjacent to an activating group) is 1. The monoisotopic (exact) mass is 339 g/mol. The van der Waals surface area contributed by atoms with E-state index in [1.807, 2.05) is 4.90 Å². The van der Waals surface area contributed by atoms with Crippen molar-refractivity contribution >= 4 is 21.8 Å². The highest BCUT2D eigenvalue weighted by atomic mass is 79.9. The fourth-order valence-electron chi connectivity index (χ4n) is 2.95. The third kappa shape index (κ3) is 2.60. The number of ether oxygens (including phenoxy) is 1. The number of fused-ring (bicyclic) bond motifs is 1. The molecule has 2 saturated heterocycles. The Balaban J connectivity index is 1.75. The summed E-state index contributed by atoms with van der Waals surface area (Å²) in [5.41, 5.74) is 0.679. The second kappa shape index (κ2) is 5.79. The van der Waals surface area contributed by atoms with Crippen LogP contribution in [-0.2, 0) is 4.74 Å². The summed E-state index contributed by atoms with van der Waals surface area (Å²) in [5, 5.41) is 0. The molecule has 0 bridgehead atoms. The average Bonchev–Trinajstić information content (AvgIpc) is 2.47. The van der Waals surface area contributed by atoms with Crippen LogP contribution in [0.4, 0.5) is 0 Å². The van der Waals surface area contributed by atoms with E-state index in [9.17, 15) is 4.79 Å². The molecule has 6 heteroatoms. The highest BCUT2D eigenvalue weighted by Crippen LogP contribution is 2.24. The number of hydrogen-bond donors (Lipinski definition) is 0. The predicted octanol–water partition coefficient (Wildman–Crippen LogP) is 1.39. The van der Waals surface area contributed by atoms with Gasteiger partial charge in [0.1, 0.15) is 0 Å². The highest BCUT2D eigenvalue weighted by Gasteiger charge is 2.37. The van der Waals surface area contributed by atoms with Crippen molar-refractivity contribution in [3.8, 4) is 0 Å². The molecule has 5 nitrogen and oxygen atoms in total. The Morgan fingerprint density at radius 3 is 3.15 bits per heavy atom.